The van der Waals surface area contributed by atoms with E-state index in [1.54, 1.807) is 0 Å². The molecule has 0 fully saturated rings. The molecule has 166 valence electrons. The third-order valence-electron chi connectivity index (χ3n) is 3.83. The van der Waals surface area contributed by atoms with Gasteiger partial charge in [0.05, 0.1) is 12.6 Å². The van der Waals surface area contributed by atoms with Crippen LogP contribution in [-0.4, -0.2) is 82.6 Å². The molecule has 0 rings (SSSR count). The number of thioether (sulfide) groups is 1. The van der Waals surface area contributed by atoms with E-state index >= 15 is 0 Å². The average Bonchev–Trinajstić information content (AvgIpc) is 2.66. The number of rotatable bonds is 14. The van der Waals surface area contributed by atoms with Gasteiger partial charge in [0.2, 0.25) is 23.6 Å². The van der Waals surface area contributed by atoms with Crippen molar-refractivity contribution in [3.05, 3.63) is 0 Å². The van der Waals surface area contributed by atoms with Crippen molar-refractivity contribution in [3.63, 3.8) is 0 Å². The summed E-state index contributed by atoms with van der Waals surface area (Å²) in [6.45, 7) is 0.461. The molecule has 0 aromatic heterocycles. The zero-order valence-corrected chi connectivity index (χ0v) is 17.2. The van der Waals surface area contributed by atoms with E-state index in [1.807, 2.05) is 6.26 Å². The van der Waals surface area contributed by atoms with Gasteiger partial charge in [0.15, 0.2) is 0 Å². The van der Waals surface area contributed by atoms with Crippen LogP contribution in [0, 0.1) is 0 Å². The van der Waals surface area contributed by atoms with Gasteiger partial charge in [0.25, 0.3) is 0 Å². The van der Waals surface area contributed by atoms with Crippen LogP contribution in [0.4, 0.5) is 0 Å². The first-order valence-corrected chi connectivity index (χ1v) is 10.2. The quantitative estimate of drug-likeness (QED) is 0.147. The maximum atomic E-state index is 12.4. The minimum atomic E-state index is -1.39. The number of carbonyl (C=O) groups is 5. The standard InChI is InChI=1S/C16H29N5O7S/c1-8(16(27)28)19-14(25)10(3-4-12(18)23)20-15(26)11(7-22)21-13(24)9(17)5-6-29-2/h8-11,22H,3-7,17H2,1-2H3,(H2,18,23)(H,19,25)(H,20,26)(H,21,24)(H,27,28). The molecule has 29 heavy (non-hydrogen) atoms. The first-order valence-electron chi connectivity index (χ1n) is 8.81. The molecule has 0 heterocycles. The number of hydrogen-bond acceptors (Lipinski definition) is 8. The topological polar surface area (TPSA) is 214 Å². The van der Waals surface area contributed by atoms with Gasteiger partial charge in [-0.25, -0.2) is 0 Å². The normalized spacial score (nSPS) is 14.8. The lowest BCUT2D eigenvalue weighted by molar-refractivity contribution is -0.142. The Morgan fingerprint density at radius 2 is 1.52 bits per heavy atom. The molecule has 12 nitrogen and oxygen atoms in total. The van der Waals surface area contributed by atoms with Crippen LogP contribution in [0.1, 0.15) is 26.2 Å². The number of primary amides is 1. The number of carboxylic acids is 1. The van der Waals surface area contributed by atoms with Gasteiger partial charge in [0, 0.05) is 6.42 Å². The fourth-order valence-corrected chi connectivity index (χ4v) is 2.54. The third kappa shape index (κ3) is 10.7. The van der Waals surface area contributed by atoms with Crippen LogP contribution in [0.2, 0.25) is 0 Å². The van der Waals surface area contributed by atoms with Crippen LogP contribution >= 0.6 is 11.8 Å². The Hall–Kier alpha value is -2.38. The molecule has 0 radical (unpaired) electrons. The molecule has 9 N–H and O–H groups in total. The van der Waals surface area contributed by atoms with Crippen LogP contribution in [0.15, 0.2) is 0 Å². The molecule has 0 aromatic rings. The molecule has 0 saturated heterocycles. The van der Waals surface area contributed by atoms with Crippen molar-refractivity contribution in [1.82, 2.24) is 16.0 Å². The van der Waals surface area contributed by atoms with E-state index in [-0.39, 0.29) is 12.8 Å². The number of aliphatic hydroxyl groups is 1. The number of carboxylic acid groups (broad SMARTS) is 1. The first kappa shape index (κ1) is 26.6. The lowest BCUT2D eigenvalue weighted by Crippen LogP contribution is -2.58. The molecule has 4 unspecified atom stereocenters. The predicted molar refractivity (Wildman–Crippen MR) is 106 cm³/mol. The number of hydrogen-bond donors (Lipinski definition) is 7. The van der Waals surface area contributed by atoms with Gasteiger partial charge in [-0.3, -0.25) is 24.0 Å². The van der Waals surface area contributed by atoms with E-state index in [0.717, 1.165) is 0 Å². The van der Waals surface area contributed by atoms with Gasteiger partial charge in [-0.05, 0) is 31.8 Å². The van der Waals surface area contributed by atoms with Crippen LogP contribution in [0.3, 0.4) is 0 Å². The fraction of sp³-hybridized carbons (Fsp3) is 0.688. The second kappa shape index (κ2) is 13.7. The Balaban J connectivity index is 5.09. The number of aliphatic carboxylic acids is 1. The summed E-state index contributed by atoms with van der Waals surface area (Å²) in [5, 5.41) is 25.0. The van der Waals surface area contributed by atoms with Crippen molar-refractivity contribution >= 4 is 41.4 Å². The SMILES string of the molecule is CSCCC(N)C(=O)NC(CO)C(=O)NC(CCC(N)=O)C(=O)NC(C)C(=O)O. The summed E-state index contributed by atoms with van der Waals surface area (Å²) in [5.74, 6) is -3.79. The number of aliphatic hydroxyl groups excluding tert-OH is 1. The monoisotopic (exact) mass is 435 g/mol. The van der Waals surface area contributed by atoms with Crippen molar-refractivity contribution < 1.29 is 34.2 Å². The second-order valence-corrected chi connectivity index (χ2v) is 7.25. The molecule has 0 aliphatic carbocycles. The van der Waals surface area contributed by atoms with Crippen LogP contribution in [0.5, 0.6) is 0 Å². The first-order chi connectivity index (χ1) is 13.5. The number of nitrogens with one attached hydrogen (secondary N) is 3. The van der Waals surface area contributed by atoms with E-state index in [0.29, 0.717) is 12.2 Å². The highest BCUT2D eigenvalue weighted by atomic mass is 32.2. The van der Waals surface area contributed by atoms with Crippen molar-refractivity contribution in [2.24, 2.45) is 11.5 Å². The van der Waals surface area contributed by atoms with E-state index < -0.39 is 60.4 Å². The van der Waals surface area contributed by atoms with Crippen molar-refractivity contribution in [3.8, 4) is 0 Å². The van der Waals surface area contributed by atoms with Gasteiger partial charge in [-0.1, -0.05) is 0 Å². The van der Waals surface area contributed by atoms with Gasteiger partial charge in [-0.15, -0.1) is 0 Å². The second-order valence-electron chi connectivity index (χ2n) is 6.27. The number of nitrogens with two attached hydrogens (primary N) is 2. The fourth-order valence-electron chi connectivity index (χ4n) is 2.05. The summed E-state index contributed by atoms with van der Waals surface area (Å²) < 4.78 is 0. The maximum Gasteiger partial charge on any atom is 0.325 e. The van der Waals surface area contributed by atoms with Gasteiger partial charge >= 0.3 is 5.97 Å². The summed E-state index contributed by atoms with van der Waals surface area (Å²) >= 11 is 1.49. The zero-order chi connectivity index (χ0) is 22.6. The largest absolute Gasteiger partial charge is 0.480 e. The smallest absolute Gasteiger partial charge is 0.325 e. The average molecular weight is 436 g/mol. The summed E-state index contributed by atoms with van der Waals surface area (Å²) in [6.07, 6.45) is 1.76. The zero-order valence-electron chi connectivity index (χ0n) is 16.3. The van der Waals surface area contributed by atoms with E-state index in [2.05, 4.69) is 16.0 Å². The Kier molecular flexibility index (Phi) is 12.6. The van der Waals surface area contributed by atoms with Crippen LogP contribution in [-0.2, 0) is 24.0 Å². The maximum absolute atomic E-state index is 12.4. The van der Waals surface area contributed by atoms with Gasteiger partial charge in [0.1, 0.15) is 18.1 Å². The number of carbonyl (C=O) groups excluding carboxylic acids is 4. The summed E-state index contributed by atoms with van der Waals surface area (Å²) in [7, 11) is 0. The van der Waals surface area contributed by atoms with Crippen LogP contribution < -0.4 is 27.4 Å². The summed E-state index contributed by atoms with van der Waals surface area (Å²) in [4.78, 5) is 58.6. The molecular formula is C16H29N5O7S. The molecule has 0 aliphatic rings. The summed E-state index contributed by atoms with van der Waals surface area (Å²) in [6, 6.07) is -4.80. The highest BCUT2D eigenvalue weighted by Crippen LogP contribution is 2.02. The van der Waals surface area contributed by atoms with E-state index in [9.17, 15) is 29.1 Å². The Bertz CT molecular complexity index is 604. The minimum absolute atomic E-state index is 0.196. The van der Waals surface area contributed by atoms with E-state index in [1.165, 1.54) is 18.7 Å². The lowest BCUT2D eigenvalue weighted by Gasteiger charge is -2.23. The highest BCUT2D eigenvalue weighted by Gasteiger charge is 2.29. The molecule has 0 aromatic carbocycles. The molecule has 4 amide bonds. The van der Waals surface area contributed by atoms with Gasteiger partial charge in [-0.2, -0.15) is 11.8 Å². The van der Waals surface area contributed by atoms with Crippen molar-refractivity contribution in [1.29, 1.82) is 0 Å². The molecule has 13 heteroatoms. The van der Waals surface area contributed by atoms with Crippen LogP contribution in [0.25, 0.3) is 0 Å². The van der Waals surface area contributed by atoms with Crippen molar-refractivity contribution in [2.75, 3.05) is 18.6 Å². The van der Waals surface area contributed by atoms with E-state index in [4.69, 9.17) is 16.6 Å². The Morgan fingerprint density at radius 1 is 0.966 bits per heavy atom. The van der Waals surface area contributed by atoms with Gasteiger partial charge < -0.3 is 37.6 Å². The third-order valence-corrected chi connectivity index (χ3v) is 4.47. The summed E-state index contributed by atoms with van der Waals surface area (Å²) in [5.41, 5.74) is 10.8. The molecule has 0 aliphatic heterocycles. The van der Waals surface area contributed by atoms with Crippen molar-refractivity contribution in [2.45, 2.75) is 50.4 Å². The number of amides is 4. The molecule has 0 saturated carbocycles. The lowest BCUT2D eigenvalue weighted by atomic mass is 10.1. The Morgan fingerprint density at radius 3 is 2.00 bits per heavy atom. The Labute approximate surface area is 172 Å². The molecule has 0 spiro atoms. The predicted octanol–water partition coefficient (Wildman–Crippen LogP) is -3.12. The molecule has 4 atom stereocenters. The highest BCUT2D eigenvalue weighted by molar-refractivity contribution is 7.98. The molecule has 0 bridgehead atoms. The minimum Gasteiger partial charge on any atom is -0.480 e. The molecular weight excluding hydrogens is 406 g/mol.